The maximum absolute atomic E-state index is 12.6. The molecule has 0 bridgehead atoms. The lowest BCUT2D eigenvalue weighted by atomic mass is 9.93. The van der Waals surface area contributed by atoms with Gasteiger partial charge in [-0.25, -0.2) is 13.6 Å². The number of hydrogen-bond donors (Lipinski definition) is 1. The Bertz CT molecular complexity index is 642. The van der Waals surface area contributed by atoms with Gasteiger partial charge in [-0.1, -0.05) is 0 Å². The van der Waals surface area contributed by atoms with Crippen molar-refractivity contribution in [2.75, 3.05) is 26.3 Å². The zero-order valence-electron chi connectivity index (χ0n) is 11.7. The van der Waals surface area contributed by atoms with Gasteiger partial charge in [0, 0.05) is 25.3 Å². The molecule has 1 saturated carbocycles. The lowest BCUT2D eigenvalue weighted by Gasteiger charge is -2.31. The summed E-state index contributed by atoms with van der Waals surface area (Å²) in [5.74, 6) is -0.153. The number of aromatic nitrogens is 1. The van der Waals surface area contributed by atoms with Crippen LogP contribution < -0.4 is 5.14 Å². The van der Waals surface area contributed by atoms with Crippen LogP contribution in [-0.2, 0) is 14.8 Å². The van der Waals surface area contributed by atoms with Gasteiger partial charge in [0.2, 0.25) is 10.0 Å². The normalized spacial score (nSPS) is 20.3. The van der Waals surface area contributed by atoms with Crippen molar-refractivity contribution in [3.05, 3.63) is 18.0 Å². The number of carbonyl (C=O) groups is 1. The second-order valence-electron chi connectivity index (χ2n) is 5.50. The van der Waals surface area contributed by atoms with E-state index in [1.807, 2.05) is 0 Å². The number of nitrogens with zero attached hydrogens (tertiary/aromatic N) is 2. The van der Waals surface area contributed by atoms with Crippen molar-refractivity contribution in [3.63, 3.8) is 0 Å². The number of amides is 1. The maximum atomic E-state index is 12.6. The molecule has 0 radical (unpaired) electrons. The number of primary sulfonamides is 1. The summed E-state index contributed by atoms with van der Waals surface area (Å²) in [5.41, 5.74) is 0.408. The van der Waals surface area contributed by atoms with Gasteiger partial charge in [0.05, 0.1) is 13.2 Å². The van der Waals surface area contributed by atoms with Gasteiger partial charge in [-0.05, 0) is 25.3 Å². The van der Waals surface area contributed by atoms with E-state index in [0.717, 1.165) is 19.3 Å². The summed E-state index contributed by atoms with van der Waals surface area (Å²) in [5, 5.41) is 5.19. The molecule has 1 saturated heterocycles. The highest BCUT2D eigenvalue weighted by atomic mass is 32.2. The Hall–Kier alpha value is -1.38. The fourth-order valence-electron chi connectivity index (χ4n) is 2.68. The molecule has 3 rings (SSSR count). The Morgan fingerprint density at radius 1 is 1.29 bits per heavy atom. The van der Waals surface area contributed by atoms with E-state index in [9.17, 15) is 13.2 Å². The Kier molecular flexibility index (Phi) is 3.76. The van der Waals surface area contributed by atoms with Crippen LogP contribution in [0.2, 0.25) is 0 Å². The molecular formula is C13H19N3O4S. The van der Waals surface area contributed by atoms with E-state index in [4.69, 9.17) is 9.88 Å². The van der Waals surface area contributed by atoms with Gasteiger partial charge >= 0.3 is 0 Å². The summed E-state index contributed by atoms with van der Waals surface area (Å²) in [6.45, 7) is 2.08. The van der Waals surface area contributed by atoms with Crippen molar-refractivity contribution in [2.45, 2.75) is 30.2 Å². The topological polar surface area (TPSA) is 94.6 Å². The van der Waals surface area contributed by atoms with Crippen LogP contribution in [0.1, 0.15) is 35.8 Å². The third-order valence-corrected chi connectivity index (χ3v) is 5.02. The average molecular weight is 313 g/mol. The van der Waals surface area contributed by atoms with E-state index < -0.39 is 10.0 Å². The summed E-state index contributed by atoms with van der Waals surface area (Å²) in [6, 6.07) is 1.59. The van der Waals surface area contributed by atoms with Crippen LogP contribution in [0.25, 0.3) is 0 Å². The van der Waals surface area contributed by atoms with Crippen LogP contribution in [0.15, 0.2) is 17.2 Å². The average Bonchev–Trinajstić information content (AvgIpc) is 2.81. The number of hydrogen-bond acceptors (Lipinski definition) is 4. The molecule has 2 heterocycles. The Labute approximate surface area is 123 Å². The van der Waals surface area contributed by atoms with E-state index in [1.165, 1.54) is 12.3 Å². The van der Waals surface area contributed by atoms with Gasteiger partial charge in [-0.2, -0.15) is 0 Å². The Morgan fingerprint density at radius 2 is 1.95 bits per heavy atom. The molecule has 1 aliphatic heterocycles. The summed E-state index contributed by atoms with van der Waals surface area (Å²) < 4.78 is 30.1. The predicted octanol–water partition coefficient (Wildman–Crippen LogP) is 0.333. The third-order valence-electron chi connectivity index (χ3n) is 4.14. The van der Waals surface area contributed by atoms with Crippen molar-refractivity contribution in [2.24, 2.45) is 5.14 Å². The minimum Gasteiger partial charge on any atom is -0.378 e. The highest BCUT2D eigenvalue weighted by Crippen LogP contribution is 2.34. The molecule has 0 atom stereocenters. The zero-order valence-corrected chi connectivity index (χ0v) is 12.5. The van der Waals surface area contributed by atoms with Crippen molar-refractivity contribution < 1.29 is 17.9 Å². The van der Waals surface area contributed by atoms with Gasteiger partial charge < -0.3 is 14.2 Å². The molecule has 2 aliphatic rings. The lowest BCUT2D eigenvalue weighted by molar-refractivity contribution is 0.0292. The highest BCUT2D eigenvalue weighted by Gasteiger charge is 2.29. The molecule has 2 fully saturated rings. The van der Waals surface area contributed by atoms with Crippen molar-refractivity contribution in [1.82, 2.24) is 9.47 Å². The minimum atomic E-state index is -3.80. The van der Waals surface area contributed by atoms with E-state index in [-0.39, 0.29) is 16.8 Å². The summed E-state index contributed by atoms with van der Waals surface area (Å²) >= 11 is 0. The van der Waals surface area contributed by atoms with Crippen LogP contribution in [0.4, 0.5) is 0 Å². The van der Waals surface area contributed by atoms with Gasteiger partial charge in [0.15, 0.2) is 0 Å². The first kappa shape index (κ1) is 14.6. The summed E-state index contributed by atoms with van der Waals surface area (Å²) in [7, 11) is -3.80. The van der Waals surface area contributed by atoms with E-state index in [2.05, 4.69) is 0 Å². The first-order chi connectivity index (χ1) is 9.97. The fourth-order valence-corrected chi connectivity index (χ4v) is 3.21. The molecule has 21 heavy (non-hydrogen) atoms. The van der Waals surface area contributed by atoms with Crippen molar-refractivity contribution >= 4 is 15.9 Å². The lowest BCUT2D eigenvalue weighted by Crippen LogP contribution is -2.41. The molecule has 0 spiro atoms. The molecule has 1 aromatic heterocycles. The number of rotatable bonds is 3. The van der Waals surface area contributed by atoms with Gasteiger partial charge in [0.25, 0.3) is 5.91 Å². The summed E-state index contributed by atoms with van der Waals surface area (Å²) in [4.78, 5) is 14.3. The highest BCUT2D eigenvalue weighted by molar-refractivity contribution is 7.89. The second-order valence-corrected chi connectivity index (χ2v) is 7.06. The zero-order chi connectivity index (χ0) is 15.0. The SMILES string of the molecule is NS(=O)(=O)c1cc(C(=O)N2CCOCC2)n(C2CCC2)c1. The number of ether oxygens (including phenoxy) is 1. The molecule has 1 amide bonds. The fraction of sp³-hybridized carbons (Fsp3) is 0.615. The third kappa shape index (κ3) is 2.83. The molecule has 0 unspecified atom stereocenters. The van der Waals surface area contributed by atoms with Crippen LogP contribution >= 0.6 is 0 Å². The number of sulfonamides is 1. The standard InChI is InChI=1S/C13H19N3O4S/c14-21(18,19)11-8-12(16(9-11)10-2-1-3-10)13(17)15-4-6-20-7-5-15/h8-10H,1-7H2,(H2,14,18,19). The minimum absolute atomic E-state index is 0.00556. The van der Waals surface area contributed by atoms with Gasteiger partial charge in [0.1, 0.15) is 10.6 Å². The van der Waals surface area contributed by atoms with E-state index in [0.29, 0.717) is 32.0 Å². The molecule has 1 aliphatic carbocycles. The van der Waals surface area contributed by atoms with Crippen LogP contribution in [-0.4, -0.2) is 50.1 Å². The molecular weight excluding hydrogens is 294 g/mol. The second kappa shape index (κ2) is 5.43. The van der Waals surface area contributed by atoms with Crippen LogP contribution in [0.5, 0.6) is 0 Å². The molecule has 2 N–H and O–H groups in total. The molecule has 7 nitrogen and oxygen atoms in total. The summed E-state index contributed by atoms with van der Waals surface area (Å²) in [6.07, 6.45) is 4.51. The molecule has 8 heteroatoms. The monoisotopic (exact) mass is 313 g/mol. The molecule has 0 aromatic carbocycles. The predicted molar refractivity (Wildman–Crippen MR) is 75.4 cm³/mol. The van der Waals surface area contributed by atoms with E-state index >= 15 is 0 Å². The Balaban J connectivity index is 1.95. The first-order valence-corrected chi connectivity index (χ1v) is 8.63. The van der Waals surface area contributed by atoms with Crippen LogP contribution in [0, 0.1) is 0 Å². The number of carbonyl (C=O) groups excluding carboxylic acids is 1. The number of morpholine rings is 1. The van der Waals surface area contributed by atoms with Crippen molar-refractivity contribution in [1.29, 1.82) is 0 Å². The first-order valence-electron chi connectivity index (χ1n) is 7.08. The van der Waals surface area contributed by atoms with Crippen molar-refractivity contribution in [3.8, 4) is 0 Å². The van der Waals surface area contributed by atoms with Gasteiger partial charge in [-0.15, -0.1) is 0 Å². The smallest absolute Gasteiger partial charge is 0.270 e. The van der Waals surface area contributed by atoms with E-state index in [1.54, 1.807) is 9.47 Å². The van der Waals surface area contributed by atoms with Gasteiger partial charge in [-0.3, -0.25) is 4.79 Å². The quantitative estimate of drug-likeness (QED) is 0.870. The Morgan fingerprint density at radius 3 is 2.48 bits per heavy atom. The molecule has 1 aromatic rings. The molecule has 116 valence electrons. The van der Waals surface area contributed by atoms with Crippen LogP contribution in [0.3, 0.4) is 0 Å². The number of nitrogens with two attached hydrogens (primary N) is 1. The maximum Gasteiger partial charge on any atom is 0.270 e. The largest absolute Gasteiger partial charge is 0.378 e.